The maximum absolute atomic E-state index is 11.9. The van der Waals surface area contributed by atoms with Gasteiger partial charge in [-0.2, -0.15) is 5.10 Å². The van der Waals surface area contributed by atoms with Crippen LogP contribution in [-0.2, 0) is 16.1 Å². The van der Waals surface area contributed by atoms with Crippen molar-refractivity contribution in [1.29, 1.82) is 0 Å². The summed E-state index contributed by atoms with van der Waals surface area (Å²) in [6.45, 7) is 5.29. The van der Waals surface area contributed by atoms with Crippen LogP contribution in [0.3, 0.4) is 0 Å². The molecule has 7 heteroatoms. The summed E-state index contributed by atoms with van der Waals surface area (Å²) in [5, 5.41) is 6.92. The van der Waals surface area contributed by atoms with E-state index in [0.29, 0.717) is 5.69 Å². The molecule has 0 aliphatic rings. The van der Waals surface area contributed by atoms with Gasteiger partial charge in [-0.05, 0) is 13.3 Å². The summed E-state index contributed by atoms with van der Waals surface area (Å²) in [5.41, 5.74) is -0.106. The summed E-state index contributed by atoms with van der Waals surface area (Å²) in [5.74, 6) is -0.564. The van der Waals surface area contributed by atoms with Crippen LogP contribution in [0, 0.1) is 0 Å². The molecule has 1 rings (SSSR count). The molecule has 19 heavy (non-hydrogen) atoms. The van der Waals surface area contributed by atoms with Crippen molar-refractivity contribution < 1.29 is 9.53 Å². The lowest BCUT2D eigenvalue weighted by Gasteiger charge is -2.14. The minimum atomic E-state index is -0.564. The highest BCUT2D eigenvalue weighted by molar-refractivity contribution is 6.32. The molecule has 0 aliphatic carbocycles. The third kappa shape index (κ3) is 4.10. The predicted octanol–water partition coefficient (Wildman–Crippen LogP) is 1.45. The Kier molecular flexibility index (Phi) is 5.57. The largest absolute Gasteiger partial charge is 0.468 e. The summed E-state index contributed by atoms with van der Waals surface area (Å²) in [7, 11) is 1.24. The first kappa shape index (κ1) is 15.2. The summed E-state index contributed by atoms with van der Waals surface area (Å²) in [6.07, 6.45) is 3.89. The normalized spacial score (nSPS) is 11.7. The van der Waals surface area contributed by atoms with E-state index in [4.69, 9.17) is 11.6 Å². The van der Waals surface area contributed by atoms with E-state index in [0.717, 1.165) is 11.1 Å². The average molecular weight is 286 g/mol. The number of esters is 1. The van der Waals surface area contributed by atoms with Gasteiger partial charge in [0, 0.05) is 6.04 Å². The van der Waals surface area contributed by atoms with Gasteiger partial charge in [-0.25, -0.2) is 4.68 Å². The highest BCUT2D eigenvalue weighted by Gasteiger charge is 2.13. The topological polar surface area (TPSA) is 73.2 Å². The lowest BCUT2D eigenvalue weighted by atomic mass is 10.2. The first-order valence-electron chi connectivity index (χ1n) is 5.69. The van der Waals surface area contributed by atoms with E-state index in [1.807, 2.05) is 6.92 Å². The highest BCUT2D eigenvalue weighted by atomic mass is 35.5. The highest BCUT2D eigenvalue weighted by Crippen LogP contribution is 2.17. The van der Waals surface area contributed by atoms with Crippen molar-refractivity contribution in [2.45, 2.75) is 25.9 Å². The second kappa shape index (κ2) is 6.94. The van der Waals surface area contributed by atoms with Crippen molar-refractivity contribution >= 4 is 23.3 Å². The number of hydrogen-bond acceptors (Lipinski definition) is 5. The zero-order valence-corrected chi connectivity index (χ0v) is 11.6. The van der Waals surface area contributed by atoms with Crippen molar-refractivity contribution in [3.63, 3.8) is 0 Å². The Bertz CT molecular complexity index is 527. The molecule has 0 bridgehead atoms. The Hall–Kier alpha value is -1.82. The summed E-state index contributed by atoms with van der Waals surface area (Å²) >= 11 is 5.96. The molecule has 0 saturated carbocycles. The summed E-state index contributed by atoms with van der Waals surface area (Å²) in [6, 6.07) is 0.0765. The van der Waals surface area contributed by atoms with E-state index in [1.54, 1.807) is 6.08 Å². The SMILES string of the molecule is C=CCC(C)Nc1cnn(CC(=O)OC)c(=O)c1Cl. The zero-order chi connectivity index (χ0) is 14.4. The van der Waals surface area contributed by atoms with Crippen molar-refractivity contribution in [1.82, 2.24) is 9.78 Å². The number of aromatic nitrogens is 2. The van der Waals surface area contributed by atoms with Gasteiger partial charge in [0.2, 0.25) is 0 Å². The summed E-state index contributed by atoms with van der Waals surface area (Å²) in [4.78, 5) is 23.0. The number of hydrogen-bond donors (Lipinski definition) is 1. The predicted molar refractivity (Wildman–Crippen MR) is 73.4 cm³/mol. The molecule has 6 nitrogen and oxygen atoms in total. The van der Waals surface area contributed by atoms with Crippen LogP contribution in [0.25, 0.3) is 0 Å². The molecule has 1 aromatic heterocycles. The smallest absolute Gasteiger partial charge is 0.327 e. The molecule has 1 aromatic rings. The Labute approximate surface area is 116 Å². The van der Waals surface area contributed by atoms with E-state index in [9.17, 15) is 9.59 Å². The fourth-order valence-corrected chi connectivity index (χ4v) is 1.64. The lowest BCUT2D eigenvalue weighted by Crippen LogP contribution is -2.29. The van der Waals surface area contributed by atoms with E-state index in [-0.39, 0.29) is 17.6 Å². The maximum Gasteiger partial charge on any atom is 0.327 e. The van der Waals surface area contributed by atoms with E-state index < -0.39 is 11.5 Å². The van der Waals surface area contributed by atoms with Gasteiger partial charge in [-0.3, -0.25) is 9.59 Å². The zero-order valence-electron chi connectivity index (χ0n) is 10.9. The quantitative estimate of drug-likeness (QED) is 0.632. The van der Waals surface area contributed by atoms with Gasteiger partial charge in [0.05, 0.1) is 19.0 Å². The van der Waals surface area contributed by atoms with E-state index >= 15 is 0 Å². The van der Waals surface area contributed by atoms with Crippen LogP contribution < -0.4 is 10.9 Å². The molecule has 1 unspecified atom stereocenters. The molecule has 0 saturated heterocycles. The van der Waals surface area contributed by atoms with Gasteiger partial charge in [-0.1, -0.05) is 17.7 Å². The van der Waals surface area contributed by atoms with Crippen LogP contribution >= 0.6 is 11.6 Å². The number of anilines is 1. The average Bonchev–Trinajstić information content (AvgIpc) is 2.38. The van der Waals surface area contributed by atoms with Crippen molar-refractivity contribution in [3.8, 4) is 0 Å². The number of halogens is 1. The monoisotopic (exact) mass is 285 g/mol. The van der Waals surface area contributed by atoms with Crippen LogP contribution in [0.1, 0.15) is 13.3 Å². The van der Waals surface area contributed by atoms with Crippen LogP contribution in [-0.4, -0.2) is 28.9 Å². The number of rotatable bonds is 6. The van der Waals surface area contributed by atoms with Gasteiger partial charge in [-0.15, -0.1) is 6.58 Å². The first-order valence-corrected chi connectivity index (χ1v) is 6.07. The molecule has 0 radical (unpaired) electrons. The number of ether oxygens (including phenoxy) is 1. The molecule has 0 amide bonds. The van der Waals surface area contributed by atoms with Crippen molar-refractivity contribution in [2.24, 2.45) is 0 Å². The fourth-order valence-electron chi connectivity index (χ4n) is 1.44. The van der Waals surface area contributed by atoms with Crippen LogP contribution in [0.15, 0.2) is 23.6 Å². The fraction of sp³-hybridized carbons (Fsp3) is 0.417. The van der Waals surface area contributed by atoms with Crippen molar-refractivity contribution in [3.05, 3.63) is 34.2 Å². The molecule has 0 aliphatic heterocycles. The van der Waals surface area contributed by atoms with Gasteiger partial charge in [0.1, 0.15) is 11.6 Å². The third-order valence-corrected chi connectivity index (χ3v) is 2.78. The molecule has 0 spiro atoms. The Morgan fingerprint density at radius 3 is 3.00 bits per heavy atom. The molecule has 104 valence electrons. The minimum absolute atomic E-state index is 0.00480. The molecule has 1 N–H and O–H groups in total. The van der Waals surface area contributed by atoms with Crippen molar-refractivity contribution in [2.75, 3.05) is 12.4 Å². The van der Waals surface area contributed by atoms with Gasteiger partial charge in [0.15, 0.2) is 0 Å². The second-order valence-corrected chi connectivity index (χ2v) is 4.36. The summed E-state index contributed by atoms with van der Waals surface area (Å²) < 4.78 is 5.42. The van der Waals surface area contributed by atoms with Crippen LogP contribution in [0.4, 0.5) is 5.69 Å². The Balaban J connectivity index is 2.94. The molecule has 0 fully saturated rings. The maximum atomic E-state index is 11.9. The number of methoxy groups -OCH3 is 1. The van der Waals surface area contributed by atoms with Gasteiger partial charge >= 0.3 is 5.97 Å². The molecular formula is C12H16ClN3O3. The number of carbonyl (C=O) groups is 1. The van der Waals surface area contributed by atoms with Gasteiger partial charge < -0.3 is 10.1 Å². The van der Waals surface area contributed by atoms with E-state index in [1.165, 1.54) is 13.3 Å². The Morgan fingerprint density at radius 2 is 2.42 bits per heavy atom. The lowest BCUT2D eigenvalue weighted by molar-refractivity contribution is -0.141. The molecular weight excluding hydrogens is 270 g/mol. The minimum Gasteiger partial charge on any atom is -0.468 e. The first-order chi connectivity index (χ1) is 8.99. The number of nitrogens with one attached hydrogen (secondary N) is 1. The molecule has 0 aromatic carbocycles. The number of carbonyl (C=O) groups excluding carboxylic acids is 1. The van der Waals surface area contributed by atoms with E-state index in [2.05, 4.69) is 21.7 Å². The third-order valence-electron chi connectivity index (χ3n) is 2.41. The van der Waals surface area contributed by atoms with Gasteiger partial charge in [0.25, 0.3) is 5.56 Å². The van der Waals surface area contributed by atoms with Crippen LogP contribution in [0.5, 0.6) is 0 Å². The molecule has 1 atom stereocenters. The standard InChI is InChI=1S/C12H16ClN3O3/c1-4-5-8(2)15-9-6-14-16(7-10(17)19-3)12(18)11(9)13/h4,6,8,15H,1,5,7H2,2-3H3. The second-order valence-electron chi connectivity index (χ2n) is 3.98. The Morgan fingerprint density at radius 1 is 1.74 bits per heavy atom. The number of nitrogens with zero attached hydrogens (tertiary/aromatic N) is 2. The van der Waals surface area contributed by atoms with Crippen LogP contribution in [0.2, 0.25) is 5.02 Å². The molecule has 1 heterocycles.